The Morgan fingerprint density at radius 2 is 2.06 bits per heavy atom. The number of halogens is 3. The van der Waals surface area contributed by atoms with Crippen LogP contribution in [0.5, 0.6) is 0 Å². The smallest absolute Gasteiger partial charge is 0.315 e. The molecule has 6 heteroatoms. The highest BCUT2D eigenvalue weighted by Gasteiger charge is 2.33. The molecule has 3 nitrogen and oxygen atoms in total. The summed E-state index contributed by atoms with van der Waals surface area (Å²) in [4.78, 5) is 0. The first kappa shape index (κ1) is 14.0. The van der Waals surface area contributed by atoms with E-state index in [-0.39, 0.29) is 0 Å². The first-order chi connectivity index (χ1) is 7.89. The van der Waals surface area contributed by atoms with Gasteiger partial charge in [0.1, 0.15) is 0 Å². The molecule has 0 saturated heterocycles. The van der Waals surface area contributed by atoms with Crippen molar-refractivity contribution in [3.05, 3.63) is 18.0 Å². The van der Waals surface area contributed by atoms with Gasteiger partial charge in [0, 0.05) is 12.7 Å². The van der Waals surface area contributed by atoms with Crippen LogP contribution in [-0.2, 0) is 12.7 Å². The number of nitrogens with one attached hydrogen (secondary N) is 1. The largest absolute Gasteiger partial charge is 0.435 e. The molecule has 0 unspecified atom stereocenters. The number of alkyl halides is 3. The first-order valence-electron chi connectivity index (χ1n) is 5.71. The molecule has 1 N–H and O–H groups in total. The van der Waals surface area contributed by atoms with E-state index in [2.05, 4.69) is 24.3 Å². The van der Waals surface area contributed by atoms with Crippen LogP contribution >= 0.6 is 0 Å². The van der Waals surface area contributed by atoms with Gasteiger partial charge in [-0.15, -0.1) is 0 Å². The molecule has 1 heterocycles. The second-order valence-electron chi connectivity index (χ2n) is 4.39. The quantitative estimate of drug-likeness (QED) is 0.785. The Labute approximate surface area is 99.0 Å². The lowest BCUT2D eigenvalue weighted by Gasteiger charge is -2.07. The summed E-state index contributed by atoms with van der Waals surface area (Å²) >= 11 is 0. The second-order valence-corrected chi connectivity index (χ2v) is 4.39. The third-order valence-electron chi connectivity index (χ3n) is 2.35. The fraction of sp³-hybridized carbons (Fsp3) is 0.727. The van der Waals surface area contributed by atoms with Crippen molar-refractivity contribution in [2.24, 2.45) is 5.92 Å². The fourth-order valence-corrected chi connectivity index (χ4v) is 1.35. The van der Waals surface area contributed by atoms with Gasteiger partial charge in [-0.25, -0.2) is 0 Å². The van der Waals surface area contributed by atoms with Gasteiger partial charge in [-0.3, -0.25) is 4.68 Å². The number of aromatic nitrogens is 2. The molecule has 1 rings (SSSR count). The molecule has 98 valence electrons. The Hall–Kier alpha value is -1.04. The zero-order chi connectivity index (χ0) is 12.9. The predicted octanol–water partition coefficient (Wildman–Crippen LogP) is 2.54. The van der Waals surface area contributed by atoms with Crippen molar-refractivity contribution < 1.29 is 13.2 Å². The molecule has 17 heavy (non-hydrogen) atoms. The zero-order valence-corrected chi connectivity index (χ0v) is 10.1. The Morgan fingerprint density at radius 1 is 1.35 bits per heavy atom. The molecule has 0 aliphatic rings. The van der Waals surface area contributed by atoms with Gasteiger partial charge in [0.25, 0.3) is 0 Å². The van der Waals surface area contributed by atoms with Crippen molar-refractivity contribution in [3.63, 3.8) is 0 Å². The van der Waals surface area contributed by atoms with Crippen molar-refractivity contribution in [2.75, 3.05) is 13.1 Å². The minimum absolute atomic E-state index is 0.453. The molecule has 0 radical (unpaired) electrons. The maximum atomic E-state index is 12.2. The van der Waals surface area contributed by atoms with Gasteiger partial charge in [0.15, 0.2) is 5.69 Å². The molecule has 1 aromatic rings. The van der Waals surface area contributed by atoms with E-state index < -0.39 is 11.9 Å². The van der Waals surface area contributed by atoms with Gasteiger partial charge in [-0.1, -0.05) is 13.8 Å². The molecule has 0 fully saturated rings. The van der Waals surface area contributed by atoms with Gasteiger partial charge >= 0.3 is 6.18 Å². The van der Waals surface area contributed by atoms with Gasteiger partial charge in [-0.2, -0.15) is 18.3 Å². The Bertz CT molecular complexity index is 331. The molecule has 0 spiro atoms. The summed E-state index contributed by atoms with van der Waals surface area (Å²) in [6.07, 6.45) is -1.93. The van der Waals surface area contributed by atoms with Crippen LogP contribution in [0.2, 0.25) is 0 Å². The van der Waals surface area contributed by atoms with Crippen molar-refractivity contribution in [1.82, 2.24) is 15.1 Å². The van der Waals surface area contributed by atoms with Crippen LogP contribution in [0.4, 0.5) is 13.2 Å². The minimum atomic E-state index is -4.35. The van der Waals surface area contributed by atoms with E-state index in [9.17, 15) is 13.2 Å². The molecule has 0 saturated carbocycles. The van der Waals surface area contributed by atoms with Crippen LogP contribution in [0, 0.1) is 5.92 Å². The van der Waals surface area contributed by atoms with Crippen LogP contribution in [0.15, 0.2) is 12.3 Å². The van der Waals surface area contributed by atoms with Crippen LogP contribution in [0.3, 0.4) is 0 Å². The topological polar surface area (TPSA) is 29.9 Å². The Balaban J connectivity index is 2.26. The van der Waals surface area contributed by atoms with Gasteiger partial charge < -0.3 is 5.32 Å². The van der Waals surface area contributed by atoms with E-state index in [1.54, 1.807) is 0 Å². The van der Waals surface area contributed by atoms with Crippen LogP contribution in [-0.4, -0.2) is 22.9 Å². The summed E-state index contributed by atoms with van der Waals surface area (Å²) in [5, 5.41) is 6.64. The molecule has 0 atom stereocenters. The number of hydrogen-bond acceptors (Lipinski definition) is 2. The van der Waals surface area contributed by atoms with Crippen molar-refractivity contribution >= 4 is 0 Å². The maximum Gasteiger partial charge on any atom is 0.435 e. The molecule has 1 aromatic heterocycles. The van der Waals surface area contributed by atoms with E-state index >= 15 is 0 Å². The average Bonchev–Trinajstić information content (AvgIpc) is 2.64. The fourth-order valence-electron chi connectivity index (χ4n) is 1.35. The lowest BCUT2D eigenvalue weighted by Crippen LogP contribution is -2.22. The second kappa shape index (κ2) is 6.05. The van der Waals surface area contributed by atoms with Crippen LogP contribution in [0.1, 0.15) is 26.0 Å². The molecule has 0 amide bonds. The lowest BCUT2D eigenvalue weighted by molar-refractivity contribution is -0.141. The molecule has 0 aliphatic carbocycles. The summed E-state index contributed by atoms with van der Waals surface area (Å²) in [7, 11) is 0. The van der Waals surface area contributed by atoms with E-state index in [1.807, 2.05) is 0 Å². The summed E-state index contributed by atoms with van der Waals surface area (Å²) in [6, 6.07) is 0.994. The minimum Gasteiger partial charge on any atom is -0.315 e. The number of nitrogens with zero attached hydrogens (tertiary/aromatic N) is 2. The van der Waals surface area contributed by atoms with Crippen molar-refractivity contribution in [1.29, 1.82) is 0 Å². The highest BCUT2D eigenvalue weighted by molar-refractivity contribution is 5.03. The van der Waals surface area contributed by atoms with E-state index in [0.29, 0.717) is 19.0 Å². The standard InChI is InChI=1S/C11H18F3N3/c1-9(2)3-5-15-6-8-17-7-4-10(16-17)11(12,13)14/h4,7,9,15H,3,5-6,8H2,1-2H3. The summed E-state index contributed by atoms with van der Waals surface area (Å²) in [5.74, 6) is 0.629. The van der Waals surface area contributed by atoms with Crippen LogP contribution < -0.4 is 5.32 Å². The van der Waals surface area contributed by atoms with Gasteiger partial charge in [0.05, 0.1) is 6.54 Å². The summed E-state index contributed by atoms with van der Waals surface area (Å²) in [6.45, 7) is 6.22. The number of rotatable bonds is 6. The van der Waals surface area contributed by atoms with Crippen molar-refractivity contribution in [3.8, 4) is 0 Å². The highest BCUT2D eigenvalue weighted by Crippen LogP contribution is 2.27. The van der Waals surface area contributed by atoms with E-state index in [4.69, 9.17) is 0 Å². The first-order valence-corrected chi connectivity index (χ1v) is 5.71. The molecule has 0 aromatic carbocycles. The highest BCUT2D eigenvalue weighted by atomic mass is 19.4. The molecular formula is C11H18F3N3. The third kappa shape index (κ3) is 5.21. The molecule has 0 aliphatic heterocycles. The van der Waals surface area contributed by atoms with Gasteiger partial charge in [-0.05, 0) is 24.9 Å². The van der Waals surface area contributed by atoms with Gasteiger partial charge in [0.2, 0.25) is 0 Å². The average molecular weight is 249 g/mol. The lowest BCUT2D eigenvalue weighted by atomic mass is 10.1. The summed E-state index contributed by atoms with van der Waals surface area (Å²) in [5.41, 5.74) is -0.834. The predicted molar refractivity (Wildman–Crippen MR) is 59.6 cm³/mol. The third-order valence-corrected chi connectivity index (χ3v) is 2.35. The normalized spacial score (nSPS) is 12.4. The SMILES string of the molecule is CC(C)CCNCCn1ccc(C(F)(F)F)n1. The Morgan fingerprint density at radius 3 is 2.59 bits per heavy atom. The Kier molecular flexibility index (Phi) is 4.99. The maximum absolute atomic E-state index is 12.2. The van der Waals surface area contributed by atoms with Crippen LogP contribution in [0.25, 0.3) is 0 Å². The number of hydrogen-bond donors (Lipinski definition) is 1. The summed E-state index contributed by atoms with van der Waals surface area (Å²) < 4.78 is 38.0. The monoisotopic (exact) mass is 249 g/mol. The van der Waals surface area contributed by atoms with E-state index in [1.165, 1.54) is 10.9 Å². The molecular weight excluding hydrogens is 231 g/mol. The molecule has 0 bridgehead atoms. The van der Waals surface area contributed by atoms with E-state index in [0.717, 1.165) is 19.0 Å². The van der Waals surface area contributed by atoms with Crippen molar-refractivity contribution in [2.45, 2.75) is 33.0 Å². The zero-order valence-electron chi connectivity index (χ0n) is 10.1.